The molecule has 3 aromatic carbocycles. The summed E-state index contributed by atoms with van der Waals surface area (Å²) < 4.78 is 22.0. The van der Waals surface area contributed by atoms with Crippen LogP contribution in [-0.2, 0) is 22.4 Å². The van der Waals surface area contributed by atoms with Crippen molar-refractivity contribution in [3.63, 3.8) is 0 Å². The van der Waals surface area contributed by atoms with Gasteiger partial charge >= 0.3 is 0 Å². The zero-order valence-electron chi connectivity index (χ0n) is 25.2. The van der Waals surface area contributed by atoms with Crippen molar-refractivity contribution in [3.8, 4) is 23.0 Å². The first kappa shape index (κ1) is 32.1. The topological polar surface area (TPSA) is 181 Å². The number of ether oxygens (including phenoxy) is 4. The Kier molecular flexibility index (Phi) is 11.6. The van der Waals surface area contributed by atoms with E-state index >= 15 is 0 Å². The van der Waals surface area contributed by atoms with Gasteiger partial charge in [0.15, 0.2) is 23.0 Å². The molecule has 0 saturated carbocycles. The summed E-state index contributed by atoms with van der Waals surface area (Å²) in [7, 11) is 0. The molecule has 5 rings (SSSR count). The van der Waals surface area contributed by atoms with Gasteiger partial charge in [0.1, 0.15) is 0 Å². The Morgan fingerprint density at radius 1 is 0.696 bits per heavy atom. The highest BCUT2D eigenvalue weighted by Crippen LogP contribution is 2.32. The fraction of sp³-hybridized carbons (Fsp3) is 0.312. The van der Waals surface area contributed by atoms with E-state index in [4.69, 9.17) is 18.9 Å². The summed E-state index contributed by atoms with van der Waals surface area (Å²) in [6.45, 7) is 3.57. The third-order valence-electron chi connectivity index (χ3n) is 6.73. The fourth-order valence-corrected chi connectivity index (χ4v) is 4.37. The molecule has 0 aliphatic carbocycles. The Morgan fingerprint density at radius 2 is 1.37 bits per heavy atom. The highest BCUT2D eigenvalue weighted by Gasteiger charge is 2.14. The summed E-state index contributed by atoms with van der Waals surface area (Å²) in [6.07, 6.45) is 0.567. The average molecular weight is 632 g/mol. The monoisotopic (exact) mass is 631 g/mol. The summed E-state index contributed by atoms with van der Waals surface area (Å²) >= 11 is 0. The van der Waals surface area contributed by atoms with Crippen molar-refractivity contribution in [2.45, 2.75) is 13.0 Å². The number of benzene rings is 3. The number of fused-ring (bicyclic) bond motifs is 1. The molecule has 1 aromatic heterocycles. The van der Waals surface area contributed by atoms with Crippen LogP contribution in [0.1, 0.15) is 21.5 Å². The van der Waals surface area contributed by atoms with Crippen LogP contribution in [0.2, 0.25) is 0 Å². The second-order valence-electron chi connectivity index (χ2n) is 10.1. The molecule has 0 saturated heterocycles. The number of aromatic hydroxyl groups is 2. The lowest BCUT2D eigenvalue weighted by Crippen LogP contribution is -2.27. The molecule has 0 spiro atoms. The van der Waals surface area contributed by atoms with Crippen LogP contribution in [0.5, 0.6) is 23.0 Å². The van der Waals surface area contributed by atoms with Gasteiger partial charge in [-0.15, -0.1) is 0 Å². The molecule has 0 unspecified atom stereocenters. The Balaban J connectivity index is 1.06. The van der Waals surface area contributed by atoms with Crippen LogP contribution in [0.3, 0.4) is 0 Å². The lowest BCUT2D eigenvalue weighted by molar-refractivity contribution is 0.0519. The number of carbonyl (C=O) groups excluding carboxylic acids is 1. The molecule has 14 heteroatoms. The first-order valence-corrected chi connectivity index (χ1v) is 14.9. The summed E-state index contributed by atoms with van der Waals surface area (Å²) in [6, 6.07) is 19.5. The molecule has 0 radical (unpaired) electrons. The van der Waals surface area contributed by atoms with Crippen LogP contribution in [0.15, 0.2) is 66.7 Å². The molecule has 242 valence electrons. The van der Waals surface area contributed by atoms with Crippen LogP contribution in [0.4, 0.5) is 17.8 Å². The van der Waals surface area contributed by atoms with Crippen molar-refractivity contribution in [3.05, 3.63) is 83.4 Å². The molecule has 0 bridgehead atoms. The van der Waals surface area contributed by atoms with Crippen molar-refractivity contribution in [1.29, 1.82) is 0 Å². The number of rotatable bonds is 18. The van der Waals surface area contributed by atoms with Gasteiger partial charge in [-0.3, -0.25) is 4.79 Å². The molecule has 14 nitrogen and oxygen atoms in total. The van der Waals surface area contributed by atoms with E-state index in [0.29, 0.717) is 93.9 Å². The highest BCUT2D eigenvalue weighted by atomic mass is 16.7. The number of amides is 1. The number of phenolic OH excluding ortho intramolecular Hbond substituents is 2. The lowest BCUT2D eigenvalue weighted by Gasteiger charge is -2.12. The molecule has 2 heterocycles. The van der Waals surface area contributed by atoms with Gasteiger partial charge in [0, 0.05) is 31.7 Å². The van der Waals surface area contributed by atoms with Gasteiger partial charge in [-0.25, -0.2) is 0 Å². The second kappa shape index (κ2) is 16.7. The summed E-state index contributed by atoms with van der Waals surface area (Å²) in [4.78, 5) is 25.5. The Labute approximate surface area is 266 Å². The van der Waals surface area contributed by atoms with E-state index in [1.54, 1.807) is 18.2 Å². The zero-order chi connectivity index (χ0) is 32.0. The van der Waals surface area contributed by atoms with E-state index < -0.39 is 0 Å². The first-order valence-electron chi connectivity index (χ1n) is 14.9. The van der Waals surface area contributed by atoms with Crippen LogP contribution >= 0.6 is 0 Å². The van der Waals surface area contributed by atoms with Crippen LogP contribution in [-0.4, -0.2) is 83.9 Å². The minimum Gasteiger partial charge on any atom is -0.504 e. The van der Waals surface area contributed by atoms with Crippen molar-refractivity contribution in [2.24, 2.45) is 0 Å². The van der Waals surface area contributed by atoms with Gasteiger partial charge in [-0.2, -0.15) is 15.0 Å². The highest BCUT2D eigenvalue weighted by molar-refractivity contribution is 5.94. The largest absolute Gasteiger partial charge is 0.504 e. The molecule has 0 atom stereocenters. The normalized spacial score (nSPS) is 11.7. The van der Waals surface area contributed by atoms with Crippen molar-refractivity contribution in [2.75, 3.05) is 68.8 Å². The maximum absolute atomic E-state index is 12.0. The Morgan fingerprint density at radius 3 is 2.13 bits per heavy atom. The van der Waals surface area contributed by atoms with Gasteiger partial charge in [0.25, 0.3) is 5.91 Å². The van der Waals surface area contributed by atoms with Gasteiger partial charge in [-0.05, 0) is 53.9 Å². The summed E-state index contributed by atoms with van der Waals surface area (Å²) in [5.41, 5.74) is 2.42. The van der Waals surface area contributed by atoms with Crippen molar-refractivity contribution >= 4 is 23.8 Å². The molecule has 1 aliphatic rings. The molecule has 4 aromatic rings. The SMILES string of the molecule is O=C(NCCOCCOCCNc1nc(NCCc2ccc(O)c(O)c2)nc(NCc2ccc3c(c2)OCO3)n1)c1ccccc1. The molecular formula is C32H37N7O7. The predicted octanol–water partition coefficient (Wildman–Crippen LogP) is 3.15. The number of hydrogen-bond acceptors (Lipinski definition) is 13. The number of phenols is 2. The van der Waals surface area contributed by atoms with Crippen LogP contribution in [0, 0.1) is 0 Å². The van der Waals surface area contributed by atoms with E-state index in [0.717, 1.165) is 11.1 Å². The number of anilines is 3. The fourth-order valence-electron chi connectivity index (χ4n) is 4.37. The van der Waals surface area contributed by atoms with E-state index in [1.165, 1.54) is 12.1 Å². The lowest BCUT2D eigenvalue weighted by atomic mass is 10.1. The minimum absolute atomic E-state index is 0.132. The third kappa shape index (κ3) is 9.84. The standard InChI is InChI=1S/C32H37N7O7/c40-25-8-6-22(18-26(25)41)10-11-34-30-37-31(39-32(38-30)36-20-23-7-9-27-28(19-23)46-21-45-27)35-13-15-44-17-16-43-14-12-33-29(42)24-4-2-1-3-5-24/h1-9,18-19,40-41H,10-17,20-21H2,(H,33,42)(H3,34,35,36,37,38,39). The third-order valence-corrected chi connectivity index (χ3v) is 6.73. The minimum atomic E-state index is -0.166. The van der Waals surface area contributed by atoms with Crippen LogP contribution in [0.25, 0.3) is 0 Å². The summed E-state index contributed by atoms with van der Waals surface area (Å²) in [5.74, 6) is 2.04. The first-order chi connectivity index (χ1) is 22.5. The number of nitrogens with one attached hydrogen (secondary N) is 4. The van der Waals surface area contributed by atoms with E-state index in [-0.39, 0.29) is 24.2 Å². The average Bonchev–Trinajstić information content (AvgIpc) is 3.55. The molecule has 6 N–H and O–H groups in total. The summed E-state index contributed by atoms with van der Waals surface area (Å²) in [5, 5.41) is 31.7. The molecule has 1 aliphatic heterocycles. The molecular weight excluding hydrogens is 594 g/mol. The molecule has 0 fully saturated rings. The van der Waals surface area contributed by atoms with Crippen LogP contribution < -0.4 is 30.7 Å². The maximum atomic E-state index is 12.0. The second-order valence-corrected chi connectivity index (χ2v) is 10.1. The Bertz CT molecular complexity index is 1580. The molecule has 1 amide bonds. The quantitative estimate of drug-likeness (QED) is 0.0697. The van der Waals surface area contributed by atoms with Crippen molar-refractivity contribution in [1.82, 2.24) is 20.3 Å². The molecule has 46 heavy (non-hydrogen) atoms. The predicted molar refractivity (Wildman–Crippen MR) is 171 cm³/mol. The zero-order valence-corrected chi connectivity index (χ0v) is 25.2. The van der Waals surface area contributed by atoms with Gasteiger partial charge < -0.3 is 50.4 Å². The smallest absolute Gasteiger partial charge is 0.251 e. The van der Waals surface area contributed by atoms with Crippen molar-refractivity contribution < 1.29 is 34.0 Å². The number of carbonyl (C=O) groups is 1. The number of hydrogen-bond donors (Lipinski definition) is 6. The maximum Gasteiger partial charge on any atom is 0.251 e. The van der Waals surface area contributed by atoms with E-state index in [2.05, 4.69) is 36.2 Å². The van der Waals surface area contributed by atoms with E-state index in [1.807, 2.05) is 36.4 Å². The van der Waals surface area contributed by atoms with E-state index in [9.17, 15) is 15.0 Å². The van der Waals surface area contributed by atoms with Gasteiger partial charge in [0.2, 0.25) is 24.6 Å². The Hall–Kier alpha value is -5.34. The number of aromatic nitrogens is 3. The van der Waals surface area contributed by atoms with Gasteiger partial charge in [-0.1, -0.05) is 30.3 Å². The van der Waals surface area contributed by atoms with Gasteiger partial charge in [0.05, 0.1) is 26.4 Å². The number of nitrogens with zero attached hydrogens (tertiary/aromatic N) is 3.